The molecule has 0 saturated heterocycles. The van der Waals surface area contributed by atoms with Gasteiger partial charge in [-0.2, -0.15) is 0 Å². The molecule has 0 aliphatic heterocycles. The van der Waals surface area contributed by atoms with Crippen LogP contribution in [0.4, 0.5) is 0 Å². The molecule has 0 saturated carbocycles. The average Bonchev–Trinajstić information content (AvgIpc) is 2.76. The van der Waals surface area contributed by atoms with E-state index in [-0.39, 0.29) is 6.42 Å². The molecule has 2 heterocycles. The fourth-order valence-corrected chi connectivity index (χ4v) is 2.97. The Morgan fingerprint density at radius 1 is 1.42 bits per heavy atom. The third-order valence-corrected chi connectivity index (χ3v) is 4.01. The SMILES string of the molecule is NC(=O)c1ccc(Sc2nc(CC(=O)O)cs2)nc1. The Bertz CT molecular complexity index is 610. The second-order valence-corrected chi connectivity index (χ2v) is 5.65. The number of aliphatic carboxylic acids is 1. The summed E-state index contributed by atoms with van der Waals surface area (Å²) in [5.41, 5.74) is 5.98. The van der Waals surface area contributed by atoms with E-state index < -0.39 is 11.9 Å². The molecule has 0 aromatic carbocycles. The summed E-state index contributed by atoms with van der Waals surface area (Å²) in [5, 5.41) is 11.0. The highest BCUT2D eigenvalue weighted by Crippen LogP contribution is 2.29. The smallest absolute Gasteiger partial charge is 0.309 e. The summed E-state index contributed by atoms with van der Waals surface area (Å²) in [4.78, 5) is 29.7. The van der Waals surface area contributed by atoms with Crippen LogP contribution in [0.15, 0.2) is 33.1 Å². The van der Waals surface area contributed by atoms with Crippen LogP contribution in [0, 0.1) is 0 Å². The lowest BCUT2D eigenvalue weighted by atomic mass is 10.3. The van der Waals surface area contributed by atoms with Crippen LogP contribution in [-0.2, 0) is 11.2 Å². The summed E-state index contributed by atoms with van der Waals surface area (Å²) in [7, 11) is 0. The van der Waals surface area contributed by atoms with Gasteiger partial charge in [-0.15, -0.1) is 11.3 Å². The highest BCUT2D eigenvalue weighted by molar-refractivity contribution is 8.01. The number of rotatable bonds is 5. The van der Waals surface area contributed by atoms with Gasteiger partial charge < -0.3 is 10.8 Å². The van der Waals surface area contributed by atoms with Gasteiger partial charge in [0, 0.05) is 11.6 Å². The van der Waals surface area contributed by atoms with Crippen LogP contribution < -0.4 is 5.73 Å². The first-order chi connectivity index (χ1) is 9.04. The number of amides is 1. The van der Waals surface area contributed by atoms with E-state index in [0.29, 0.717) is 20.6 Å². The van der Waals surface area contributed by atoms with Gasteiger partial charge in [0.05, 0.1) is 17.7 Å². The van der Waals surface area contributed by atoms with E-state index in [1.165, 1.54) is 29.3 Å². The number of carboxylic acid groups (broad SMARTS) is 1. The van der Waals surface area contributed by atoms with Crippen LogP contribution in [-0.4, -0.2) is 27.0 Å². The monoisotopic (exact) mass is 295 g/mol. The largest absolute Gasteiger partial charge is 0.481 e. The summed E-state index contributed by atoms with van der Waals surface area (Å²) < 4.78 is 0.704. The van der Waals surface area contributed by atoms with Crippen LogP contribution >= 0.6 is 23.1 Å². The van der Waals surface area contributed by atoms with Crippen molar-refractivity contribution in [2.24, 2.45) is 5.73 Å². The zero-order valence-corrected chi connectivity index (χ0v) is 11.2. The summed E-state index contributed by atoms with van der Waals surface area (Å²) in [5.74, 6) is -1.44. The lowest BCUT2D eigenvalue weighted by Crippen LogP contribution is -2.10. The molecule has 0 bridgehead atoms. The first-order valence-corrected chi connectivity index (χ1v) is 6.84. The van der Waals surface area contributed by atoms with E-state index in [4.69, 9.17) is 10.8 Å². The third-order valence-electron chi connectivity index (χ3n) is 2.08. The molecule has 0 aliphatic carbocycles. The molecular weight excluding hydrogens is 286 g/mol. The maximum atomic E-state index is 10.9. The Balaban J connectivity index is 2.06. The minimum Gasteiger partial charge on any atom is -0.481 e. The number of hydrogen-bond acceptors (Lipinski definition) is 6. The van der Waals surface area contributed by atoms with Gasteiger partial charge in [0.15, 0.2) is 4.34 Å². The van der Waals surface area contributed by atoms with E-state index >= 15 is 0 Å². The Hall–Kier alpha value is -1.93. The molecule has 0 fully saturated rings. The number of pyridine rings is 1. The van der Waals surface area contributed by atoms with Gasteiger partial charge in [-0.1, -0.05) is 0 Å². The maximum absolute atomic E-state index is 10.9. The van der Waals surface area contributed by atoms with Gasteiger partial charge in [-0.25, -0.2) is 9.97 Å². The molecular formula is C11H9N3O3S2. The molecule has 0 aliphatic rings. The van der Waals surface area contributed by atoms with Gasteiger partial charge >= 0.3 is 5.97 Å². The summed E-state index contributed by atoms with van der Waals surface area (Å²) >= 11 is 2.66. The number of carbonyl (C=O) groups excluding carboxylic acids is 1. The van der Waals surface area contributed by atoms with E-state index in [1.54, 1.807) is 17.5 Å². The van der Waals surface area contributed by atoms with Gasteiger partial charge in [-0.3, -0.25) is 9.59 Å². The second-order valence-electron chi connectivity index (χ2n) is 3.53. The summed E-state index contributed by atoms with van der Waals surface area (Å²) in [6.45, 7) is 0. The lowest BCUT2D eigenvalue weighted by molar-refractivity contribution is -0.136. The third kappa shape index (κ3) is 3.76. The lowest BCUT2D eigenvalue weighted by Gasteiger charge is -1.98. The Morgan fingerprint density at radius 2 is 2.21 bits per heavy atom. The molecule has 0 radical (unpaired) electrons. The minimum absolute atomic E-state index is 0.0922. The number of carboxylic acids is 1. The number of nitrogens with two attached hydrogens (primary N) is 1. The van der Waals surface area contributed by atoms with Crippen LogP contribution in [0.3, 0.4) is 0 Å². The Morgan fingerprint density at radius 3 is 2.79 bits per heavy atom. The zero-order valence-electron chi connectivity index (χ0n) is 9.57. The second kappa shape index (κ2) is 5.81. The molecule has 0 spiro atoms. The summed E-state index contributed by atoms with van der Waals surface area (Å²) in [6.07, 6.45) is 1.31. The predicted molar refractivity (Wildman–Crippen MR) is 70.3 cm³/mol. The number of thiazole rings is 1. The molecule has 8 heteroatoms. The molecule has 2 aromatic heterocycles. The van der Waals surface area contributed by atoms with Crippen LogP contribution in [0.2, 0.25) is 0 Å². The van der Waals surface area contributed by atoms with Gasteiger partial charge in [0.2, 0.25) is 5.91 Å². The minimum atomic E-state index is -0.911. The van der Waals surface area contributed by atoms with E-state index in [2.05, 4.69) is 9.97 Å². The van der Waals surface area contributed by atoms with Crippen molar-refractivity contribution in [1.82, 2.24) is 9.97 Å². The molecule has 98 valence electrons. The van der Waals surface area contributed by atoms with E-state index in [0.717, 1.165) is 0 Å². The quantitative estimate of drug-likeness (QED) is 0.864. The molecule has 2 rings (SSSR count). The maximum Gasteiger partial charge on any atom is 0.309 e. The first kappa shape index (κ1) is 13.5. The molecule has 19 heavy (non-hydrogen) atoms. The van der Waals surface area contributed by atoms with Crippen molar-refractivity contribution in [2.45, 2.75) is 15.8 Å². The summed E-state index contributed by atoms with van der Waals surface area (Å²) in [6, 6.07) is 3.26. The molecule has 1 amide bonds. The van der Waals surface area contributed by atoms with E-state index in [1.807, 2.05) is 0 Å². The van der Waals surface area contributed by atoms with Gasteiger partial charge in [-0.05, 0) is 23.9 Å². The van der Waals surface area contributed by atoms with Crippen LogP contribution in [0.25, 0.3) is 0 Å². The van der Waals surface area contributed by atoms with Gasteiger partial charge in [0.1, 0.15) is 5.03 Å². The molecule has 2 aromatic rings. The highest BCUT2D eigenvalue weighted by Gasteiger charge is 2.08. The molecule has 3 N–H and O–H groups in total. The fraction of sp³-hybridized carbons (Fsp3) is 0.0909. The number of aromatic nitrogens is 2. The van der Waals surface area contributed by atoms with Gasteiger partial charge in [0.25, 0.3) is 0 Å². The van der Waals surface area contributed by atoms with Crippen molar-refractivity contribution >= 4 is 35.0 Å². The fourth-order valence-electron chi connectivity index (χ4n) is 1.25. The Labute approximate surface area is 116 Å². The van der Waals surface area contributed by atoms with E-state index in [9.17, 15) is 9.59 Å². The topological polar surface area (TPSA) is 106 Å². The normalized spacial score (nSPS) is 10.3. The number of carbonyl (C=O) groups is 2. The van der Waals surface area contributed by atoms with Crippen LogP contribution in [0.5, 0.6) is 0 Å². The average molecular weight is 295 g/mol. The van der Waals surface area contributed by atoms with Crippen molar-refractivity contribution in [3.8, 4) is 0 Å². The first-order valence-electron chi connectivity index (χ1n) is 5.14. The van der Waals surface area contributed by atoms with Crippen molar-refractivity contribution in [3.05, 3.63) is 35.0 Å². The number of nitrogens with zero attached hydrogens (tertiary/aromatic N) is 2. The predicted octanol–water partition coefficient (Wildman–Crippen LogP) is 1.42. The molecule has 0 atom stereocenters. The molecule has 0 unspecified atom stereocenters. The number of primary amides is 1. The Kier molecular flexibility index (Phi) is 4.13. The van der Waals surface area contributed by atoms with Crippen molar-refractivity contribution in [1.29, 1.82) is 0 Å². The van der Waals surface area contributed by atoms with Crippen molar-refractivity contribution in [2.75, 3.05) is 0 Å². The standard InChI is InChI=1S/C11H9N3O3S2/c12-10(17)6-1-2-8(13-4-6)19-11-14-7(5-18-11)3-9(15)16/h1-2,4-5H,3H2,(H2,12,17)(H,15,16). The highest BCUT2D eigenvalue weighted by atomic mass is 32.2. The van der Waals surface area contributed by atoms with Crippen molar-refractivity contribution < 1.29 is 14.7 Å². The molecule has 6 nitrogen and oxygen atoms in total. The number of hydrogen-bond donors (Lipinski definition) is 2. The van der Waals surface area contributed by atoms with Crippen molar-refractivity contribution in [3.63, 3.8) is 0 Å². The van der Waals surface area contributed by atoms with Crippen LogP contribution in [0.1, 0.15) is 16.1 Å². The zero-order chi connectivity index (χ0) is 13.8.